The van der Waals surface area contributed by atoms with Crippen LogP contribution in [-0.4, -0.2) is 19.9 Å². The first-order valence-electron chi connectivity index (χ1n) is 9.08. The number of hydrogen-bond acceptors (Lipinski definition) is 6. The molecule has 5 nitrogen and oxygen atoms in total. The van der Waals surface area contributed by atoms with Gasteiger partial charge in [0.05, 0.1) is 11.1 Å². The highest BCUT2D eigenvalue weighted by atomic mass is 35.5. The lowest BCUT2D eigenvalue weighted by Crippen LogP contribution is -2.33. The monoisotopic (exact) mass is 447 g/mol. The normalized spacial score (nSPS) is 13.3. The van der Waals surface area contributed by atoms with Gasteiger partial charge in [-0.25, -0.2) is 0 Å². The van der Waals surface area contributed by atoms with Crippen molar-refractivity contribution in [3.63, 3.8) is 0 Å². The quantitative estimate of drug-likeness (QED) is 0.615. The topological polar surface area (TPSA) is 64.8 Å². The number of Topliss-reactive ketones (excluding diaryl/α,β-unsaturated/α-hetero) is 1. The van der Waals surface area contributed by atoms with E-state index in [1.54, 1.807) is 10.6 Å². The highest BCUT2D eigenvalue weighted by Crippen LogP contribution is 2.18. The molecule has 0 aliphatic heterocycles. The molecule has 0 bridgehead atoms. The number of rotatable bonds is 4. The molecule has 3 aromatic rings. The van der Waals surface area contributed by atoms with Crippen LogP contribution in [0.4, 0.5) is 0 Å². The second-order valence-electron chi connectivity index (χ2n) is 7.95. The first-order chi connectivity index (χ1) is 13.6. The number of halogens is 1. The van der Waals surface area contributed by atoms with Crippen LogP contribution in [0.15, 0.2) is 23.0 Å². The van der Waals surface area contributed by atoms with Gasteiger partial charge in [0.25, 0.3) is 5.56 Å². The van der Waals surface area contributed by atoms with Gasteiger partial charge >= 0.3 is 0 Å². The number of thiazole rings is 1. The van der Waals surface area contributed by atoms with E-state index >= 15 is 0 Å². The molecule has 0 aliphatic carbocycles. The maximum absolute atomic E-state index is 13.2. The Bertz CT molecular complexity index is 1250. The first kappa shape index (κ1) is 21.6. The number of aromatic nitrogens is 3. The minimum absolute atomic E-state index is 0.0481. The number of hydrogen-bond donors (Lipinski definition) is 0. The highest BCUT2D eigenvalue weighted by Gasteiger charge is 2.20. The zero-order valence-corrected chi connectivity index (χ0v) is 19.3. The second-order valence-corrected chi connectivity index (χ2v) is 10.4. The summed E-state index contributed by atoms with van der Waals surface area (Å²) in [7, 11) is 0. The summed E-state index contributed by atoms with van der Waals surface area (Å²) in [6, 6.07) is 6.09. The lowest BCUT2D eigenvalue weighted by atomic mass is 9.91. The number of ketones is 1. The highest BCUT2D eigenvalue weighted by molar-refractivity contribution is 7.10. The zero-order chi connectivity index (χ0) is 21.3. The third kappa shape index (κ3) is 4.91. The largest absolute Gasteiger partial charge is 0.294 e. The number of carbonyl (C=O) groups is 1. The molecule has 2 heterocycles. The van der Waals surface area contributed by atoms with Gasteiger partial charge in [-0.1, -0.05) is 60.6 Å². The van der Waals surface area contributed by atoms with Crippen molar-refractivity contribution in [3.05, 3.63) is 64.5 Å². The number of carbonyl (C=O) groups excluding carboxylic acids is 1. The molecular weight excluding hydrogens is 426 g/mol. The Morgan fingerprint density at radius 1 is 1.28 bits per heavy atom. The van der Waals surface area contributed by atoms with Crippen molar-refractivity contribution in [3.8, 4) is 0 Å². The van der Waals surface area contributed by atoms with Gasteiger partial charge in [-0.15, -0.1) is 16.4 Å². The molecule has 0 spiro atoms. The van der Waals surface area contributed by atoms with E-state index in [2.05, 4.69) is 15.7 Å². The molecule has 0 fully saturated rings. The van der Waals surface area contributed by atoms with E-state index in [-0.39, 0.29) is 17.9 Å². The van der Waals surface area contributed by atoms with E-state index in [9.17, 15) is 9.59 Å². The molecule has 3 rings (SSSR count). The van der Waals surface area contributed by atoms with E-state index in [1.807, 2.05) is 52.8 Å². The summed E-state index contributed by atoms with van der Waals surface area (Å²) in [5.74, 6) is -0.0481. The minimum Gasteiger partial charge on any atom is -0.294 e. The van der Waals surface area contributed by atoms with Crippen molar-refractivity contribution < 1.29 is 4.79 Å². The third-order valence-corrected chi connectivity index (χ3v) is 6.50. The molecule has 0 saturated heterocycles. The van der Waals surface area contributed by atoms with Crippen LogP contribution in [0.5, 0.6) is 0 Å². The van der Waals surface area contributed by atoms with Crippen molar-refractivity contribution in [2.75, 3.05) is 0 Å². The minimum atomic E-state index is -0.540. The maximum atomic E-state index is 13.2. The van der Waals surface area contributed by atoms with Gasteiger partial charge in [-0.2, -0.15) is 0 Å². The fourth-order valence-electron chi connectivity index (χ4n) is 2.69. The second kappa shape index (κ2) is 8.34. The Morgan fingerprint density at radius 3 is 2.59 bits per heavy atom. The molecule has 29 heavy (non-hydrogen) atoms. The Morgan fingerprint density at radius 2 is 2.00 bits per heavy atom. The van der Waals surface area contributed by atoms with Crippen molar-refractivity contribution in [1.29, 1.82) is 0 Å². The maximum Gasteiger partial charge on any atom is 0.269 e. The zero-order valence-electron chi connectivity index (χ0n) is 16.9. The van der Waals surface area contributed by atoms with Crippen LogP contribution in [0.1, 0.15) is 43.2 Å². The summed E-state index contributed by atoms with van der Waals surface area (Å²) in [6.45, 7) is 9.78. The molecule has 0 aliphatic rings. The van der Waals surface area contributed by atoms with Crippen LogP contribution in [-0.2, 0) is 11.3 Å². The molecule has 0 atom stereocenters. The molecule has 0 radical (unpaired) electrons. The van der Waals surface area contributed by atoms with Crippen molar-refractivity contribution >= 4 is 52.4 Å². The van der Waals surface area contributed by atoms with E-state index in [4.69, 9.17) is 11.6 Å². The Balaban J connectivity index is 2.22. The predicted octanol–water partition coefficient (Wildman–Crippen LogP) is 3.30. The molecule has 0 unspecified atom stereocenters. The smallest absolute Gasteiger partial charge is 0.269 e. The van der Waals surface area contributed by atoms with E-state index in [0.29, 0.717) is 19.2 Å². The molecule has 1 aromatic carbocycles. The van der Waals surface area contributed by atoms with Crippen LogP contribution in [0.3, 0.4) is 0 Å². The summed E-state index contributed by atoms with van der Waals surface area (Å²) in [4.78, 5) is 25.8. The molecule has 152 valence electrons. The van der Waals surface area contributed by atoms with Gasteiger partial charge in [0.15, 0.2) is 5.78 Å². The molecule has 0 N–H and O–H groups in total. The Kier molecular flexibility index (Phi) is 6.22. The average Bonchev–Trinajstić information content (AvgIpc) is 3.15. The van der Waals surface area contributed by atoms with Crippen LogP contribution in [0, 0.1) is 19.3 Å². The van der Waals surface area contributed by atoms with Gasteiger partial charge in [-0.05, 0) is 31.1 Å². The van der Waals surface area contributed by atoms with Gasteiger partial charge in [-0.3, -0.25) is 14.2 Å². The third-order valence-electron chi connectivity index (χ3n) is 4.46. The summed E-state index contributed by atoms with van der Waals surface area (Å²) in [6.07, 6.45) is 3.41. The fourth-order valence-corrected chi connectivity index (χ4v) is 4.34. The Labute approximate surface area is 182 Å². The van der Waals surface area contributed by atoms with Crippen LogP contribution >= 0.6 is 34.5 Å². The molecule has 8 heteroatoms. The lowest BCUT2D eigenvalue weighted by Gasteiger charge is -2.12. The van der Waals surface area contributed by atoms with E-state index in [0.717, 1.165) is 22.7 Å². The SMILES string of the molecule is Cc1ccc(/C=c2\s/c(=C\C(=O)C(C)(C)C)n(Cc3nnsc3Cl)c2=O)c(C)c1. The fraction of sp³-hybridized carbons (Fsp3) is 0.333. The molecule has 2 aromatic heterocycles. The van der Waals surface area contributed by atoms with Gasteiger partial charge in [0, 0.05) is 23.0 Å². The van der Waals surface area contributed by atoms with Gasteiger partial charge in [0.1, 0.15) is 14.7 Å². The standard InChI is InChI=1S/C21H22ClN3O2S2/c1-12-6-7-14(13(2)8-12)9-16-20(27)25(11-15-19(22)29-24-23-15)18(28-16)10-17(26)21(3,4)5/h6-10H,11H2,1-5H3/b16-9-,18-10-. The van der Waals surface area contributed by atoms with Gasteiger partial charge in [0.2, 0.25) is 0 Å². The molecule has 0 amide bonds. The van der Waals surface area contributed by atoms with Crippen molar-refractivity contribution in [2.24, 2.45) is 5.41 Å². The number of benzene rings is 1. The predicted molar refractivity (Wildman–Crippen MR) is 120 cm³/mol. The summed E-state index contributed by atoms with van der Waals surface area (Å²) in [5.41, 5.74) is 3.04. The summed E-state index contributed by atoms with van der Waals surface area (Å²) < 4.78 is 6.96. The molecule has 0 saturated carbocycles. The van der Waals surface area contributed by atoms with Crippen LogP contribution < -0.4 is 14.8 Å². The van der Waals surface area contributed by atoms with Crippen LogP contribution in [0.25, 0.3) is 12.2 Å². The summed E-state index contributed by atoms with van der Waals surface area (Å²) >= 11 is 8.51. The first-order valence-corrected chi connectivity index (χ1v) is 11.0. The van der Waals surface area contributed by atoms with Crippen molar-refractivity contribution in [1.82, 2.24) is 14.2 Å². The van der Waals surface area contributed by atoms with Crippen LogP contribution in [0.2, 0.25) is 4.34 Å². The van der Waals surface area contributed by atoms with E-state index in [1.165, 1.54) is 16.9 Å². The lowest BCUT2D eigenvalue weighted by molar-refractivity contribution is -0.120. The number of aryl methyl sites for hydroxylation is 2. The molecular formula is C21H22ClN3O2S2. The summed E-state index contributed by atoms with van der Waals surface area (Å²) in [5, 5.41) is 4.01. The van der Waals surface area contributed by atoms with E-state index < -0.39 is 5.41 Å². The average molecular weight is 448 g/mol. The van der Waals surface area contributed by atoms with Crippen molar-refractivity contribution in [2.45, 2.75) is 41.2 Å². The number of nitrogens with zero attached hydrogens (tertiary/aromatic N) is 3. The Hall–Kier alpha value is -2.09. The van der Waals surface area contributed by atoms with Gasteiger partial charge < -0.3 is 0 Å².